The molecule has 0 spiro atoms. The lowest BCUT2D eigenvalue weighted by Gasteiger charge is -2.04. The molecule has 2 heterocycles. The summed E-state index contributed by atoms with van der Waals surface area (Å²) in [7, 11) is 0. The van der Waals surface area contributed by atoms with Crippen LogP contribution in [0.4, 0.5) is 4.39 Å². The van der Waals surface area contributed by atoms with Gasteiger partial charge in [0.15, 0.2) is 0 Å². The first-order valence-electron chi connectivity index (χ1n) is 8.59. The van der Waals surface area contributed by atoms with Gasteiger partial charge in [0.2, 0.25) is 5.16 Å². The Labute approximate surface area is 159 Å². The molecule has 4 rings (SSSR count). The Morgan fingerprint density at radius 2 is 1.93 bits per heavy atom. The molecule has 2 aromatic heterocycles. The van der Waals surface area contributed by atoms with E-state index in [0.717, 1.165) is 12.0 Å². The van der Waals surface area contributed by atoms with Crippen LogP contribution < -0.4 is 5.56 Å². The molecule has 0 unspecified atom stereocenters. The van der Waals surface area contributed by atoms with Crippen LogP contribution in [0.15, 0.2) is 64.5 Å². The summed E-state index contributed by atoms with van der Waals surface area (Å²) in [5.41, 5.74) is 3.54. The molecule has 0 aliphatic carbocycles. The number of aryl methyl sites for hydroxylation is 1. The Balaban J connectivity index is 1.69. The van der Waals surface area contributed by atoms with Crippen LogP contribution in [0.2, 0.25) is 0 Å². The van der Waals surface area contributed by atoms with Gasteiger partial charge in [-0.1, -0.05) is 61.2 Å². The van der Waals surface area contributed by atoms with Gasteiger partial charge in [0.05, 0.1) is 5.69 Å². The van der Waals surface area contributed by atoms with Crippen molar-refractivity contribution < 1.29 is 4.39 Å². The Morgan fingerprint density at radius 1 is 1.15 bits per heavy atom. The van der Waals surface area contributed by atoms with E-state index in [2.05, 4.69) is 34.4 Å². The number of halogens is 1. The van der Waals surface area contributed by atoms with E-state index in [1.54, 1.807) is 24.3 Å². The highest BCUT2D eigenvalue weighted by Gasteiger charge is 2.13. The van der Waals surface area contributed by atoms with E-state index in [4.69, 9.17) is 0 Å². The molecule has 1 N–H and O–H groups in total. The molecule has 0 bridgehead atoms. The number of thioether (sulfide) groups is 1. The third-order valence-corrected chi connectivity index (χ3v) is 5.33. The van der Waals surface area contributed by atoms with Crippen molar-refractivity contribution in [2.24, 2.45) is 0 Å². The van der Waals surface area contributed by atoms with Crippen LogP contribution in [0.3, 0.4) is 0 Å². The largest absolute Gasteiger partial charge is 0.290 e. The van der Waals surface area contributed by atoms with Gasteiger partial charge in [-0.25, -0.2) is 14.0 Å². The predicted molar refractivity (Wildman–Crippen MR) is 104 cm³/mol. The van der Waals surface area contributed by atoms with E-state index >= 15 is 0 Å². The van der Waals surface area contributed by atoms with Crippen molar-refractivity contribution in [3.63, 3.8) is 0 Å². The molecular formula is C20H17FN4OS. The van der Waals surface area contributed by atoms with Crippen molar-refractivity contribution >= 4 is 17.3 Å². The highest BCUT2D eigenvalue weighted by Crippen LogP contribution is 2.24. The van der Waals surface area contributed by atoms with Crippen molar-refractivity contribution in [2.45, 2.75) is 24.3 Å². The Hall–Kier alpha value is -2.93. The predicted octanol–water partition coefficient (Wildman–Crippen LogP) is 4.08. The summed E-state index contributed by atoms with van der Waals surface area (Å²) < 4.78 is 15.4. The van der Waals surface area contributed by atoms with Gasteiger partial charge < -0.3 is 0 Å². The maximum Gasteiger partial charge on any atom is 0.290 e. The number of nitrogens with one attached hydrogen (secondary N) is 1. The monoisotopic (exact) mass is 380 g/mol. The number of hydrogen-bond donors (Lipinski definition) is 1. The minimum Gasteiger partial charge on any atom is -0.266 e. The molecule has 5 nitrogen and oxygen atoms in total. The van der Waals surface area contributed by atoms with E-state index in [1.807, 2.05) is 12.1 Å². The summed E-state index contributed by atoms with van der Waals surface area (Å²) in [5.74, 6) is 0.129. The van der Waals surface area contributed by atoms with Gasteiger partial charge in [0, 0.05) is 11.3 Å². The van der Waals surface area contributed by atoms with Crippen LogP contribution >= 0.6 is 11.8 Å². The van der Waals surface area contributed by atoms with Crippen LogP contribution in [0.1, 0.15) is 18.1 Å². The smallest absolute Gasteiger partial charge is 0.266 e. The summed E-state index contributed by atoms with van der Waals surface area (Å²) in [5, 5.41) is 11.6. The van der Waals surface area contributed by atoms with Gasteiger partial charge >= 0.3 is 0 Å². The number of hydrogen-bond acceptors (Lipinski definition) is 4. The standard InChI is InChI=1S/C20H17FN4OS/c1-2-13-7-9-14(10-8-13)17-11-18-19(26)22-23-20(25(18)24-17)27-12-15-5-3-4-6-16(15)21/h3-11H,2,12H2,1H3,(H,22,26). The number of H-pyrrole nitrogens is 1. The fourth-order valence-corrected chi connectivity index (χ4v) is 3.69. The van der Waals surface area contributed by atoms with Crippen molar-refractivity contribution in [1.29, 1.82) is 0 Å². The third kappa shape index (κ3) is 3.50. The molecule has 0 aliphatic heterocycles. The molecule has 4 aromatic rings. The lowest BCUT2D eigenvalue weighted by Crippen LogP contribution is -2.13. The summed E-state index contributed by atoms with van der Waals surface area (Å²) in [4.78, 5) is 12.2. The fourth-order valence-electron chi connectivity index (χ4n) is 2.80. The van der Waals surface area contributed by atoms with Crippen LogP contribution in [-0.4, -0.2) is 19.8 Å². The quantitative estimate of drug-likeness (QED) is 0.530. The lowest BCUT2D eigenvalue weighted by atomic mass is 10.1. The zero-order valence-corrected chi connectivity index (χ0v) is 15.5. The van der Waals surface area contributed by atoms with Gasteiger partial charge in [0.1, 0.15) is 11.3 Å². The molecule has 0 saturated heterocycles. The second kappa shape index (κ2) is 7.36. The summed E-state index contributed by atoms with van der Waals surface area (Å²) in [6.45, 7) is 2.10. The van der Waals surface area contributed by atoms with Crippen LogP contribution in [0.25, 0.3) is 16.8 Å². The fraction of sp³-hybridized carbons (Fsp3) is 0.150. The Bertz CT molecular complexity index is 1150. The third-order valence-electron chi connectivity index (χ3n) is 4.35. The first-order chi connectivity index (χ1) is 13.2. The average Bonchev–Trinajstić information content (AvgIpc) is 3.15. The van der Waals surface area contributed by atoms with Crippen LogP contribution in [-0.2, 0) is 12.2 Å². The first-order valence-corrected chi connectivity index (χ1v) is 9.58. The number of aromatic nitrogens is 4. The molecule has 0 amide bonds. The average molecular weight is 380 g/mol. The number of rotatable bonds is 5. The minimum absolute atomic E-state index is 0.261. The van der Waals surface area contributed by atoms with Crippen molar-refractivity contribution in [2.75, 3.05) is 0 Å². The summed E-state index contributed by atoms with van der Waals surface area (Å²) in [6.07, 6.45) is 0.964. The highest BCUT2D eigenvalue weighted by molar-refractivity contribution is 7.98. The zero-order chi connectivity index (χ0) is 18.8. The Morgan fingerprint density at radius 3 is 2.67 bits per heavy atom. The highest BCUT2D eigenvalue weighted by atomic mass is 32.2. The SMILES string of the molecule is CCc1ccc(-c2cc3c(=O)[nH]nc(SCc4ccccc4F)n3n2)cc1. The van der Waals surface area contributed by atoms with Gasteiger partial charge in [-0.15, -0.1) is 5.10 Å². The molecule has 0 atom stereocenters. The van der Waals surface area contributed by atoms with E-state index in [-0.39, 0.29) is 11.4 Å². The lowest BCUT2D eigenvalue weighted by molar-refractivity contribution is 0.617. The van der Waals surface area contributed by atoms with Gasteiger partial charge in [-0.05, 0) is 29.7 Å². The van der Waals surface area contributed by atoms with E-state index in [9.17, 15) is 9.18 Å². The van der Waals surface area contributed by atoms with Gasteiger partial charge in [-0.3, -0.25) is 4.79 Å². The van der Waals surface area contributed by atoms with Gasteiger partial charge in [-0.2, -0.15) is 5.10 Å². The second-order valence-corrected chi connectivity index (χ2v) is 7.03. The topological polar surface area (TPSA) is 63.0 Å². The van der Waals surface area contributed by atoms with Gasteiger partial charge in [0.25, 0.3) is 5.56 Å². The summed E-state index contributed by atoms with van der Waals surface area (Å²) in [6, 6.07) is 16.4. The maximum absolute atomic E-state index is 13.8. The van der Waals surface area contributed by atoms with Crippen LogP contribution in [0.5, 0.6) is 0 Å². The second-order valence-electron chi connectivity index (χ2n) is 6.09. The number of aromatic amines is 1. The minimum atomic E-state index is -0.311. The van der Waals surface area contributed by atoms with Crippen molar-refractivity contribution in [3.8, 4) is 11.3 Å². The molecule has 27 heavy (non-hydrogen) atoms. The van der Waals surface area contributed by atoms with E-state index < -0.39 is 0 Å². The molecule has 2 aromatic carbocycles. The maximum atomic E-state index is 13.8. The molecule has 0 radical (unpaired) electrons. The molecule has 0 aliphatic rings. The molecule has 0 saturated carbocycles. The zero-order valence-electron chi connectivity index (χ0n) is 14.6. The summed E-state index contributed by atoms with van der Waals surface area (Å²) >= 11 is 1.32. The number of benzene rings is 2. The van der Waals surface area contributed by atoms with E-state index in [0.29, 0.717) is 27.7 Å². The molecule has 7 heteroatoms. The first kappa shape index (κ1) is 17.5. The molecular weight excluding hydrogens is 363 g/mol. The normalized spacial score (nSPS) is 11.2. The molecule has 136 valence electrons. The van der Waals surface area contributed by atoms with E-state index in [1.165, 1.54) is 27.9 Å². The Kier molecular flexibility index (Phi) is 4.77. The van der Waals surface area contributed by atoms with Crippen molar-refractivity contribution in [1.82, 2.24) is 19.8 Å². The van der Waals surface area contributed by atoms with Crippen molar-refractivity contribution in [3.05, 3.63) is 81.9 Å². The number of fused-ring (bicyclic) bond motifs is 1. The number of nitrogens with zero attached hydrogens (tertiary/aromatic N) is 3. The van der Waals surface area contributed by atoms with Crippen LogP contribution in [0, 0.1) is 5.82 Å². The molecule has 0 fully saturated rings.